The average molecular weight is 357 g/mol. The smallest absolute Gasteiger partial charge is 0.240 e. The van der Waals surface area contributed by atoms with Crippen molar-refractivity contribution in [1.29, 1.82) is 5.26 Å². The minimum atomic E-state index is -3.60. The quantitative estimate of drug-likeness (QED) is 0.819. The first-order chi connectivity index (χ1) is 11.9. The van der Waals surface area contributed by atoms with Crippen LogP contribution in [0.25, 0.3) is 0 Å². The molecule has 0 aliphatic heterocycles. The van der Waals surface area contributed by atoms with E-state index >= 15 is 0 Å². The van der Waals surface area contributed by atoms with Crippen LogP contribution in [0.4, 0.5) is 0 Å². The summed E-state index contributed by atoms with van der Waals surface area (Å²) < 4.78 is 26.6. The van der Waals surface area contributed by atoms with Crippen molar-refractivity contribution in [2.75, 3.05) is 13.6 Å². The lowest BCUT2D eigenvalue weighted by Gasteiger charge is -2.17. The standard InChI is InChI=1S/C18H19N3O3S/c1-21(14-16-9-7-15(13-19)8-10-16)18(22)11-12-20-25(23,24)17-5-3-2-4-6-17/h2-10,20H,11-12,14H2,1H3. The maximum atomic E-state index is 12.1. The SMILES string of the molecule is CN(Cc1ccc(C#N)cc1)C(=O)CCNS(=O)(=O)c1ccccc1. The van der Waals surface area contributed by atoms with E-state index in [0.717, 1.165) is 5.56 Å². The van der Waals surface area contributed by atoms with Crippen molar-refractivity contribution < 1.29 is 13.2 Å². The number of nitrogens with zero attached hydrogens (tertiary/aromatic N) is 2. The Labute approximate surface area is 147 Å². The van der Waals surface area contributed by atoms with Crippen molar-refractivity contribution in [2.24, 2.45) is 0 Å². The number of carbonyl (C=O) groups is 1. The van der Waals surface area contributed by atoms with Crippen LogP contribution in [0.3, 0.4) is 0 Å². The average Bonchev–Trinajstić information content (AvgIpc) is 2.63. The summed E-state index contributed by atoms with van der Waals surface area (Å²) in [4.78, 5) is 13.8. The summed E-state index contributed by atoms with van der Waals surface area (Å²) in [5, 5.41) is 8.77. The van der Waals surface area contributed by atoms with E-state index in [2.05, 4.69) is 4.72 Å². The molecule has 1 N–H and O–H groups in total. The van der Waals surface area contributed by atoms with E-state index in [1.807, 2.05) is 6.07 Å². The second-order valence-corrected chi connectivity index (χ2v) is 7.29. The highest BCUT2D eigenvalue weighted by Gasteiger charge is 2.15. The first-order valence-corrected chi connectivity index (χ1v) is 9.18. The van der Waals surface area contributed by atoms with Crippen molar-refractivity contribution in [3.8, 4) is 6.07 Å². The molecule has 0 unspecified atom stereocenters. The summed E-state index contributed by atoms with van der Waals surface area (Å²) in [6.07, 6.45) is 0.0683. The molecule has 0 fully saturated rings. The number of nitriles is 1. The van der Waals surface area contributed by atoms with E-state index in [1.165, 1.54) is 17.0 Å². The van der Waals surface area contributed by atoms with Crippen molar-refractivity contribution >= 4 is 15.9 Å². The zero-order chi connectivity index (χ0) is 18.3. The monoisotopic (exact) mass is 357 g/mol. The van der Waals surface area contributed by atoms with E-state index in [9.17, 15) is 13.2 Å². The number of amides is 1. The van der Waals surface area contributed by atoms with Gasteiger partial charge in [-0.3, -0.25) is 4.79 Å². The van der Waals surface area contributed by atoms with Crippen LogP contribution in [0.1, 0.15) is 17.5 Å². The topological polar surface area (TPSA) is 90.3 Å². The summed E-state index contributed by atoms with van der Waals surface area (Å²) in [5.74, 6) is -0.167. The van der Waals surface area contributed by atoms with Crippen LogP contribution >= 0.6 is 0 Å². The molecule has 7 heteroatoms. The Balaban J connectivity index is 1.84. The normalized spacial score (nSPS) is 10.9. The highest BCUT2D eigenvalue weighted by atomic mass is 32.2. The van der Waals surface area contributed by atoms with Crippen molar-refractivity contribution in [1.82, 2.24) is 9.62 Å². The molecule has 2 rings (SSSR count). The van der Waals surface area contributed by atoms with Gasteiger partial charge in [0.05, 0.1) is 16.5 Å². The molecular weight excluding hydrogens is 338 g/mol. The highest BCUT2D eigenvalue weighted by molar-refractivity contribution is 7.89. The number of carbonyl (C=O) groups excluding carboxylic acids is 1. The number of rotatable bonds is 7. The maximum Gasteiger partial charge on any atom is 0.240 e. The van der Waals surface area contributed by atoms with E-state index in [1.54, 1.807) is 49.5 Å². The first kappa shape index (κ1) is 18.6. The van der Waals surface area contributed by atoms with E-state index < -0.39 is 10.0 Å². The first-order valence-electron chi connectivity index (χ1n) is 7.70. The van der Waals surface area contributed by atoms with Crippen molar-refractivity contribution in [2.45, 2.75) is 17.9 Å². The molecule has 2 aromatic carbocycles. The Bertz CT molecular complexity index is 857. The van der Waals surface area contributed by atoms with Gasteiger partial charge in [0.25, 0.3) is 0 Å². The number of hydrogen-bond acceptors (Lipinski definition) is 4. The third-order valence-electron chi connectivity index (χ3n) is 3.61. The Morgan fingerprint density at radius 2 is 1.76 bits per heavy atom. The van der Waals surface area contributed by atoms with Crippen LogP contribution in [0.5, 0.6) is 0 Å². The van der Waals surface area contributed by atoms with Gasteiger partial charge in [-0.25, -0.2) is 13.1 Å². The number of benzene rings is 2. The molecule has 25 heavy (non-hydrogen) atoms. The molecule has 6 nitrogen and oxygen atoms in total. The molecule has 0 saturated carbocycles. The Morgan fingerprint density at radius 3 is 2.36 bits per heavy atom. The summed E-state index contributed by atoms with van der Waals surface area (Å²) in [6.45, 7) is 0.434. The summed E-state index contributed by atoms with van der Waals surface area (Å²) in [6, 6.07) is 17.0. The second-order valence-electron chi connectivity index (χ2n) is 5.52. The molecule has 0 spiro atoms. The third-order valence-corrected chi connectivity index (χ3v) is 5.09. The molecule has 2 aromatic rings. The third kappa shape index (κ3) is 5.41. The van der Waals surface area contributed by atoms with Crippen LogP contribution < -0.4 is 4.72 Å². The molecule has 1 amide bonds. The summed E-state index contributed by atoms with van der Waals surface area (Å²) >= 11 is 0. The summed E-state index contributed by atoms with van der Waals surface area (Å²) in [7, 11) is -1.94. The molecule has 0 bridgehead atoms. The van der Waals surface area contributed by atoms with Gasteiger partial charge in [0.15, 0.2) is 0 Å². The summed E-state index contributed by atoms with van der Waals surface area (Å²) in [5.41, 5.74) is 1.47. The van der Waals surface area contributed by atoms with Gasteiger partial charge >= 0.3 is 0 Å². The van der Waals surface area contributed by atoms with E-state index in [-0.39, 0.29) is 23.8 Å². The van der Waals surface area contributed by atoms with Crippen LogP contribution in [0.15, 0.2) is 59.5 Å². The van der Waals surface area contributed by atoms with Gasteiger partial charge in [0, 0.05) is 26.6 Å². The fourth-order valence-corrected chi connectivity index (χ4v) is 3.27. The van der Waals surface area contributed by atoms with Gasteiger partial charge in [-0.15, -0.1) is 0 Å². The van der Waals surface area contributed by atoms with Gasteiger partial charge < -0.3 is 4.90 Å². The van der Waals surface area contributed by atoms with E-state index in [4.69, 9.17) is 5.26 Å². The molecule has 0 aliphatic rings. The maximum absolute atomic E-state index is 12.1. The minimum Gasteiger partial charge on any atom is -0.341 e. The van der Waals surface area contributed by atoms with Gasteiger partial charge in [-0.2, -0.15) is 5.26 Å². The molecular formula is C18H19N3O3S. The molecule has 0 atom stereocenters. The van der Waals surface area contributed by atoms with Crippen molar-refractivity contribution in [3.05, 3.63) is 65.7 Å². The van der Waals surface area contributed by atoms with Gasteiger partial charge in [0.1, 0.15) is 0 Å². The lowest BCUT2D eigenvalue weighted by molar-refractivity contribution is -0.130. The zero-order valence-corrected chi connectivity index (χ0v) is 14.7. The van der Waals surface area contributed by atoms with Crippen molar-refractivity contribution in [3.63, 3.8) is 0 Å². The Hall–Kier alpha value is -2.69. The molecule has 0 heterocycles. The fourth-order valence-electron chi connectivity index (χ4n) is 2.21. The van der Waals surface area contributed by atoms with E-state index in [0.29, 0.717) is 12.1 Å². The molecule has 0 radical (unpaired) electrons. The lowest BCUT2D eigenvalue weighted by atomic mass is 10.1. The van der Waals surface area contributed by atoms with Gasteiger partial charge in [0.2, 0.25) is 15.9 Å². The van der Waals surface area contributed by atoms with Crippen LogP contribution in [-0.4, -0.2) is 32.8 Å². The predicted octanol–water partition coefficient (Wildman–Crippen LogP) is 1.89. The zero-order valence-electron chi connectivity index (χ0n) is 13.8. The number of sulfonamides is 1. The molecule has 130 valence electrons. The fraction of sp³-hybridized carbons (Fsp3) is 0.222. The largest absolute Gasteiger partial charge is 0.341 e. The molecule has 0 aliphatic carbocycles. The lowest BCUT2D eigenvalue weighted by Crippen LogP contribution is -2.31. The van der Waals surface area contributed by atoms with Gasteiger partial charge in [-0.1, -0.05) is 30.3 Å². The van der Waals surface area contributed by atoms with Crippen LogP contribution in [0, 0.1) is 11.3 Å². The minimum absolute atomic E-state index is 0.0355. The molecule has 0 aromatic heterocycles. The molecule has 0 saturated heterocycles. The predicted molar refractivity (Wildman–Crippen MR) is 93.9 cm³/mol. The Kier molecular flexibility index (Phi) is 6.28. The van der Waals surface area contributed by atoms with Crippen LogP contribution in [-0.2, 0) is 21.4 Å². The number of hydrogen-bond donors (Lipinski definition) is 1. The number of nitrogens with one attached hydrogen (secondary N) is 1. The van der Waals surface area contributed by atoms with Crippen LogP contribution in [0.2, 0.25) is 0 Å². The Morgan fingerprint density at radius 1 is 1.12 bits per heavy atom. The second kappa shape index (κ2) is 8.42. The highest BCUT2D eigenvalue weighted by Crippen LogP contribution is 2.08. The van der Waals surface area contributed by atoms with Gasteiger partial charge in [-0.05, 0) is 29.8 Å².